The summed E-state index contributed by atoms with van der Waals surface area (Å²) in [7, 11) is 1.68. The number of rotatable bonds is 8. The molecule has 0 aliphatic rings. The second-order valence-corrected chi connectivity index (χ2v) is 5.56. The van der Waals surface area contributed by atoms with Crippen LogP contribution in [0.5, 0.6) is 0 Å². The summed E-state index contributed by atoms with van der Waals surface area (Å²) in [6.45, 7) is 6.37. The molecule has 0 atom stereocenters. The van der Waals surface area contributed by atoms with Gasteiger partial charge in [-0.3, -0.25) is 9.69 Å². The molecule has 3 N–H and O–H groups in total. The third kappa shape index (κ3) is 6.33. The summed E-state index contributed by atoms with van der Waals surface area (Å²) in [5.74, 6) is -0.0419. The molecule has 0 radical (unpaired) electrons. The van der Waals surface area contributed by atoms with Gasteiger partial charge in [0.25, 0.3) is 0 Å². The number of benzene rings is 1. The van der Waals surface area contributed by atoms with Gasteiger partial charge in [-0.05, 0) is 32.0 Å². The maximum atomic E-state index is 12.0. The number of nitrogens with two attached hydrogens (primary N) is 1. The Morgan fingerprint density at radius 1 is 1.43 bits per heavy atom. The number of carbonyl (C=O) groups excluding carboxylic acids is 1. The molecule has 1 rings (SSSR count). The van der Waals surface area contributed by atoms with Gasteiger partial charge in [-0.1, -0.05) is 11.6 Å². The molecule has 0 spiro atoms. The lowest BCUT2D eigenvalue weighted by Gasteiger charge is -2.25. The Bertz CT molecular complexity index is 466. The highest BCUT2D eigenvalue weighted by molar-refractivity contribution is 6.33. The fourth-order valence-corrected chi connectivity index (χ4v) is 2.04. The van der Waals surface area contributed by atoms with Crippen molar-refractivity contribution in [3.63, 3.8) is 0 Å². The van der Waals surface area contributed by atoms with E-state index in [4.69, 9.17) is 22.1 Å². The van der Waals surface area contributed by atoms with Crippen molar-refractivity contribution >= 4 is 28.9 Å². The van der Waals surface area contributed by atoms with E-state index < -0.39 is 0 Å². The monoisotopic (exact) mass is 313 g/mol. The average Bonchev–Trinajstić information content (AvgIpc) is 2.42. The number of halogens is 1. The van der Waals surface area contributed by atoms with Crippen molar-refractivity contribution in [2.45, 2.75) is 26.3 Å². The van der Waals surface area contributed by atoms with Crippen molar-refractivity contribution in [3.05, 3.63) is 23.2 Å². The Morgan fingerprint density at radius 2 is 2.14 bits per heavy atom. The van der Waals surface area contributed by atoms with Crippen molar-refractivity contribution in [2.24, 2.45) is 0 Å². The second kappa shape index (κ2) is 8.87. The molecule has 0 unspecified atom stereocenters. The molecule has 0 fully saturated rings. The molecule has 1 aromatic carbocycles. The zero-order chi connectivity index (χ0) is 15.8. The molecule has 0 saturated carbocycles. The number of amides is 1. The van der Waals surface area contributed by atoms with Gasteiger partial charge in [0.15, 0.2) is 0 Å². The Labute approximate surface area is 131 Å². The third-order valence-electron chi connectivity index (χ3n) is 3.22. The van der Waals surface area contributed by atoms with E-state index in [9.17, 15) is 4.79 Å². The number of hydrogen-bond acceptors (Lipinski definition) is 4. The molecule has 21 heavy (non-hydrogen) atoms. The van der Waals surface area contributed by atoms with Crippen molar-refractivity contribution < 1.29 is 9.53 Å². The number of nitrogen functional groups attached to an aromatic ring is 1. The van der Waals surface area contributed by atoms with E-state index in [0.29, 0.717) is 42.0 Å². The molecule has 118 valence electrons. The molecular formula is C15H24ClN3O2. The van der Waals surface area contributed by atoms with E-state index in [1.54, 1.807) is 25.3 Å². The van der Waals surface area contributed by atoms with Crippen LogP contribution in [-0.4, -0.2) is 43.7 Å². The Hall–Kier alpha value is -1.30. The standard InChI is InChI=1S/C15H24ClN3O2/c1-11(2)19(8-9-21-3)7-6-15(20)18-12-4-5-13(16)14(17)10-12/h4-5,10-11H,6-9,17H2,1-3H3,(H,18,20). The van der Waals surface area contributed by atoms with Crippen molar-refractivity contribution in [2.75, 3.05) is 37.9 Å². The van der Waals surface area contributed by atoms with Gasteiger partial charge in [-0.15, -0.1) is 0 Å². The van der Waals surface area contributed by atoms with Gasteiger partial charge >= 0.3 is 0 Å². The fourth-order valence-electron chi connectivity index (χ4n) is 1.93. The number of nitrogens with one attached hydrogen (secondary N) is 1. The van der Waals surface area contributed by atoms with Gasteiger partial charge in [0.1, 0.15) is 0 Å². The number of methoxy groups -OCH3 is 1. The predicted octanol–water partition coefficient (Wildman–Crippen LogP) is 2.61. The Morgan fingerprint density at radius 3 is 2.71 bits per heavy atom. The molecule has 0 saturated heterocycles. The molecule has 0 aromatic heterocycles. The van der Waals surface area contributed by atoms with Crippen LogP contribution in [-0.2, 0) is 9.53 Å². The topological polar surface area (TPSA) is 67.6 Å². The smallest absolute Gasteiger partial charge is 0.225 e. The predicted molar refractivity (Wildman–Crippen MR) is 87.7 cm³/mol. The van der Waals surface area contributed by atoms with Crippen molar-refractivity contribution in [1.82, 2.24) is 4.90 Å². The molecule has 1 aromatic rings. The first kappa shape index (κ1) is 17.8. The van der Waals surface area contributed by atoms with Crippen LogP contribution in [0, 0.1) is 0 Å². The normalized spacial score (nSPS) is 11.1. The number of ether oxygens (including phenoxy) is 1. The highest BCUT2D eigenvalue weighted by atomic mass is 35.5. The maximum absolute atomic E-state index is 12.0. The maximum Gasteiger partial charge on any atom is 0.225 e. The van der Waals surface area contributed by atoms with Crippen LogP contribution in [0.2, 0.25) is 5.02 Å². The summed E-state index contributed by atoms with van der Waals surface area (Å²) in [6.07, 6.45) is 0.421. The van der Waals surface area contributed by atoms with E-state index in [0.717, 1.165) is 6.54 Å². The SMILES string of the molecule is COCCN(CCC(=O)Nc1ccc(Cl)c(N)c1)C(C)C. The zero-order valence-corrected chi connectivity index (χ0v) is 13.6. The van der Waals surface area contributed by atoms with Crippen LogP contribution >= 0.6 is 11.6 Å². The lowest BCUT2D eigenvalue weighted by atomic mass is 10.2. The number of nitrogens with zero attached hydrogens (tertiary/aromatic N) is 1. The van der Waals surface area contributed by atoms with Crippen LogP contribution in [0.15, 0.2) is 18.2 Å². The lowest BCUT2D eigenvalue weighted by Crippen LogP contribution is -2.36. The molecule has 0 aliphatic carbocycles. The highest BCUT2D eigenvalue weighted by Gasteiger charge is 2.11. The lowest BCUT2D eigenvalue weighted by molar-refractivity contribution is -0.116. The number of carbonyl (C=O) groups is 1. The highest BCUT2D eigenvalue weighted by Crippen LogP contribution is 2.22. The van der Waals surface area contributed by atoms with Crippen LogP contribution in [0.1, 0.15) is 20.3 Å². The number of anilines is 2. The van der Waals surface area contributed by atoms with Gasteiger partial charge in [-0.2, -0.15) is 0 Å². The summed E-state index contributed by atoms with van der Waals surface area (Å²) in [4.78, 5) is 14.2. The average molecular weight is 314 g/mol. The molecule has 1 amide bonds. The van der Waals surface area contributed by atoms with E-state index in [1.165, 1.54) is 0 Å². The summed E-state index contributed by atoms with van der Waals surface area (Å²) in [5.41, 5.74) is 6.83. The summed E-state index contributed by atoms with van der Waals surface area (Å²) in [5, 5.41) is 3.31. The van der Waals surface area contributed by atoms with Gasteiger partial charge < -0.3 is 15.8 Å². The van der Waals surface area contributed by atoms with Crippen molar-refractivity contribution in [3.8, 4) is 0 Å². The van der Waals surface area contributed by atoms with E-state index in [2.05, 4.69) is 24.1 Å². The minimum absolute atomic E-state index is 0.0419. The van der Waals surface area contributed by atoms with Crippen LogP contribution < -0.4 is 11.1 Å². The van der Waals surface area contributed by atoms with Crippen LogP contribution in [0.25, 0.3) is 0 Å². The first-order valence-corrected chi connectivity index (χ1v) is 7.39. The van der Waals surface area contributed by atoms with Gasteiger partial charge in [-0.25, -0.2) is 0 Å². The quantitative estimate of drug-likeness (QED) is 0.724. The molecule has 6 heteroatoms. The summed E-state index contributed by atoms with van der Waals surface area (Å²) in [6, 6.07) is 5.44. The summed E-state index contributed by atoms with van der Waals surface area (Å²) < 4.78 is 5.08. The Balaban J connectivity index is 2.46. The summed E-state index contributed by atoms with van der Waals surface area (Å²) >= 11 is 5.85. The van der Waals surface area contributed by atoms with E-state index in [-0.39, 0.29) is 5.91 Å². The van der Waals surface area contributed by atoms with Crippen LogP contribution in [0.4, 0.5) is 11.4 Å². The fraction of sp³-hybridized carbons (Fsp3) is 0.533. The Kier molecular flexibility index (Phi) is 7.50. The molecular weight excluding hydrogens is 290 g/mol. The van der Waals surface area contributed by atoms with Gasteiger partial charge in [0, 0.05) is 38.3 Å². The molecule has 5 nitrogen and oxygen atoms in total. The molecule has 0 heterocycles. The van der Waals surface area contributed by atoms with Crippen LogP contribution in [0.3, 0.4) is 0 Å². The van der Waals surface area contributed by atoms with E-state index >= 15 is 0 Å². The molecule has 0 aliphatic heterocycles. The van der Waals surface area contributed by atoms with Gasteiger partial charge in [0.05, 0.1) is 17.3 Å². The minimum Gasteiger partial charge on any atom is -0.397 e. The minimum atomic E-state index is -0.0419. The first-order chi connectivity index (χ1) is 9.93. The largest absolute Gasteiger partial charge is 0.397 e. The van der Waals surface area contributed by atoms with E-state index in [1.807, 2.05) is 0 Å². The molecule has 0 bridgehead atoms. The van der Waals surface area contributed by atoms with Crippen molar-refractivity contribution in [1.29, 1.82) is 0 Å². The third-order valence-corrected chi connectivity index (χ3v) is 3.56. The van der Waals surface area contributed by atoms with Gasteiger partial charge in [0.2, 0.25) is 5.91 Å². The second-order valence-electron chi connectivity index (χ2n) is 5.16. The zero-order valence-electron chi connectivity index (χ0n) is 12.9. The number of hydrogen-bond donors (Lipinski definition) is 2. The first-order valence-electron chi connectivity index (χ1n) is 7.02.